The number of nitrogens with one attached hydrogen (secondary N) is 2. The number of benzene rings is 2. The van der Waals surface area contributed by atoms with E-state index < -0.39 is 0 Å². The summed E-state index contributed by atoms with van der Waals surface area (Å²) < 4.78 is 2.24. The maximum absolute atomic E-state index is 12.5. The van der Waals surface area contributed by atoms with E-state index in [0.717, 1.165) is 43.9 Å². The molecule has 2 amide bonds. The van der Waals surface area contributed by atoms with Crippen LogP contribution in [0.2, 0.25) is 0 Å². The maximum Gasteiger partial charge on any atom is 0.238 e. The van der Waals surface area contributed by atoms with Gasteiger partial charge in [0.05, 0.1) is 6.54 Å². The molecule has 0 atom stereocenters. The number of piperidine rings is 1. The first-order chi connectivity index (χ1) is 15.6. The highest BCUT2D eigenvalue weighted by molar-refractivity contribution is 5.94. The molecule has 7 heteroatoms. The minimum atomic E-state index is -0.136. The van der Waals surface area contributed by atoms with Crippen LogP contribution in [-0.2, 0) is 16.1 Å². The molecule has 1 fully saturated rings. The first-order valence-corrected chi connectivity index (χ1v) is 11.0. The number of amides is 2. The number of aromatic nitrogens is 2. The van der Waals surface area contributed by atoms with Gasteiger partial charge in [-0.3, -0.25) is 14.5 Å². The average molecular weight is 432 g/mol. The number of hydrogen-bond donors (Lipinski definition) is 2. The molecular formula is C25H29N5O2. The number of nitrogens with zero attached hydrogens (tertiary/aromatic N) is 3. The van der Waals surface area contributed by atoms with Gasteiger partial charge in [0.1, 0.15) is 5.82 Å². The van der Waals surface area contributed by atoms with Gasteiger partial charge in [-0.15, -0.1) is 0 Å². The van der Waals surface area contributed by atoms with Crippen LogP contribution >= 0.6 is 0 Å². The van der Waals surface area contributed by atoms with E-state index in [1.165, 1.54) is 6.92 Å². The molecule has 0 aliphatic carbocycles. The van der Waals surface area contributed by atoms with Gasteiger partial charge in [0.2, 0.25) is 11.8 Å². The fourth-order valence-corrected chi connectivity index (χ4v) is 4.19. The normalized spacial score (nSPS) is 14.8. The van der Waals surface area contributed by atoms with Gasteiger partial charge in [-0.1, -0.05) is 36.4 Å². The predicted octanol–water partition coefficient (Wildman–Crippen LogP) is 3.86. The Hall–Kier alpha value is -3.45. The second-order valence-corrected chi connectivity index (χ2v) is 8.30. The Bertz CT molecular complexity index is 1050. The van der Waals surface area contributed by atoms with Crippen LogP contribution in [0, 0.1) is 5.92 Å². The summed E-state index contributed by atoms with van der Waals surface area (Å²) in [6, 6.07) is 17.5. The molecule has 0 unspecified atom stereocenters. The van der Waals surface area contributed by atoms with Gasteiger partial charge in [-0.2, -0.15) is 0 Å². The van der Waals surface area contributed by atoms with Gasteiger partial charge in [-0.05, 0) is 50.0 Å². The minimum absolute atomic E-state index is 0.0376. The molecule has 166 valence electrons. The third kappa shape index (κ3) is 5.82. The Morgan fingerprint density at radius 2 is 1.72 bits per heavy atom. The second-order valence-electron chi connectivity index (χ2n) is 8.30. The van der Waals surface area contributed by atoms with E-state index in [4.69, 9.17) is 0 Å². The number of carbonyl (C=O) groups is 2. The van der Waals surface area contributed by atoms with E-state index in [9.17, 15) is 9.59 Å². The molecule has 1 aliphatic heterocycles. The number of likely N-dealkylation sites (tertiary alicyclic amines) is 1. The van der Waals surface area contributed by atoms with E-state index in [1.54, 1.807) is 12.1 Å². The van der Waals surface area contributed by atoms with Gasteiger partial charge >= 0.3 is 0 Å². The van der Waals surface area contributed by atoms with Crippen LogP contribution in [0.3, 0.4) is 0 Å². The Morgan fingerprint density at radius 3 is 2.44 bits per heavy atom. The molecule has 2 heterocycles. The van der Waals surface area contributed by atoms with Crippen molar-refractivity contribution < 1.29 is 9.59 Å². The van der Waals surface area contributed by atoms with Crippen molar-refractivity contribution in [2.75, 3.05) is 30.3 Å². The van der Waals surface area contributed by atoms with Crippen molar-refractivity contribution >= 4 is 23.2 Å². The summed E-state index contributed by atoms with van der Waals surface area (Å²) in [6.07, 6.45) is 6.02. The lowest BCUT2D eigenvalue weighted by Crippen LogP contribution is -2.40. The van der Waals surface area contributed by atoms with Crippen LogP contribution in [-0.4, -0.2) is 45.9 Å². The number of anilines is 2. The first-order valence-electron chi connectivity index (χ1n) is 11.0. The Balaban J connectivity index is 1.26. The molecule has 32 heavy (non-hydrogen) atoms. The zero-order valence-electron chi connectivity index (χ0n) is 18.3. The fraction of sp³-hybridized carbons (Fsp3) is 0.320. The van der Waals surface area contributed by atoms with Crippen LogP contribution in [0.5, 0.6) is 0 Å². The molecule has 0 saturated carbocycles. The molecule has 2 aromatic carbocycles. The summed E-state index contributed by atoms with van der Waals surface area (Å²) in [5.41, 5.74) is 2.49. The third-order valence-corrected chi connectivity index (χ3v) is 5.74. The molecule has 0 bridgehead atoms. The summed E-state index contributed by atoms with van der Waals surface area (Å²) in [5.74, 6) is 1.40. The monoisotopic (exact) mass is 431 g/mol. The first kappa shape index (κ1) is 21.8. The van der Waals surface area contributed by atoms with Crippen LogP contribution in [0.4, 0.5) is 11.4 Å². The van der Waals surface area contributed by atoms with Gasteiger partial charge < -0.3 is 15.2 Å². The van der Waals surface area contributed by atoms with E-state index in [-0.39, 0.29) is 11.8 Å². The van der Waals surface area contributed by atoms with E-state index in [0.29, 0.717) is 23.8 Å². The lowest BCUT2D eigenvalue weighted by Gasteiger charge is -2.31. The van der Waals surface area contributed by atoms with Gasteiger partial charge in [0.25, 0.3) is 0 Å². The summed E-state index contributed by atoms with van der Waals surface area (Å²) in [7, 11) is 0. The number of imidazole rings is 1. The topological polar surface area (TPSA) is 79.3 Å². The second kappa shape index (κ2) is 10.2. The fourth-order valence-electron chi connectivity index (χ4n) is 4.19. The molecule has 3 aromatic rings. The van der Waals surface area contributed by atoms with Gasteiger partial charge in [0.15, 0.2) is 0 Å². The maximum atomic E-state index is 12.5. The number of hydrogen-bond acceptors (Lipinski definition) is 4. The van der Waals surface area contributed by atoms with Crippen molar-refractivity contribution in [3.8, 4) is 11.4 Å². The lowest BCUT2D eigenvalue weighted by molar-refractivity contribution is -0.117. The average Bonchev–Trinajstić information content (AvgIpc) is 3.23. The summed E-state index contributed by atoms with van der Waals surface area (Å²) in [6.45, 7) is 4.58. The predicted molar refractivity (Wildman–Crippen MR) is 126 cm³/mol. The van der Waals surface area contributed by atoms with Crippen molar-refractivity contribution in [1.29, 1.82) is 0 Å². The Kier molecular flexibility index (Phi) is 6.97. The molecule has 4 rings (SSSR count). The molecule has 0 spiro atoms. The largest absolute Gasteiger partial charge is 0.331 e. The molecule has 2 N–H and O–H groups in total. The molecule has 1 aromatic heterocycles. The van der Waals surface area contributed by atoms with Crippen LogP contribution in [0.25, 0.3) is 11.4 Å². The zero-order chi connectivity index (χ0) is 22.3. The lowest BCUT2D eigenvalue weighted by atomic mass is 9.96. The quantitative estimate of drug-likeness (QED) is 0.595. The smallest absolute Gasteiger partial charge is 0.238 e. The zero-order valence-corrected chi connectivity index (χ0v) is 18.3. The standard InChI is InChI=1S/C25H29N5O2/c1-19(31)27-22-8-5-9-23(16-22)28-24(32)18-29-13-10-20(11-14-29)17-30-15-12-26-25(30)21-6-3-2-4-7-21/h2-9,12,15-16,20H,10-11,13-14,17-18H2,1H3,(H,27,31)(H,28,32). The summed E-state index contributed by atoms with van der Waals surface area (Å²) in [5, 5.41) is 5.66. The molecule has 1 aliphatic rings. The number of carbonyl (C=O) groups excluding carboxylic acids is 2. The van der Waals surface area contributed by atoms with Crippen LogP contribution in [0.1, 0.15) is 19.8 Å². The highest BCUT2D eigenvalue weighted by atomic mass is 16.2. The van der Waals surface area contributed by atoms with Crippen molar-refractivity contribution in [2.24, 2.45) is 5.92 Å². The number of rotatable bonds is 7. The van der Waals surface area contributed by atoms with E-state index in [1.807, 2.05) is 36.5 Å². The highest BCUT2D eigenvalue weighted by Gasteiger charge is 2.22. The van der Waals surface area contributed by atoms with Crippen molar-refractivity contribution in [2.45, 2.75) is 26.3 Å². The van der Waals surface area contributed by atoms with E-state index >= 15 is 0 Å². The Morgan fingerprint density at radius 1 is 1.00 bits per heavy atom. The van der Waals surface area contributed by atoms with Crippen LogP contribution in [0.15, 0.2) is 67.0 Å². The summed E-state index contributed by atoms with van der Waals surface area (Å²) >= 11 is 0. The third-order valence-electron chi connectivity index (χ3n) is 5.74. The highest BCUT2D eigenvalue weighted by Crippen LogP contribution is 2.23. The SMILES string of the molecule is CC(=O)Nc1cccc(NC(=O)CN2CCC(Cn3ccnc3-c3ccccc3)CC2)c1. The molecule has 1 saturated heterocycles. The Labute approximate surface area is 188 Å². The van der Waals surface area contributed by atoms with Crippen molar-refractivity contribution in [3.05, 3.63) is 67.0 Å². The van der Waals surface area contributed by atoms with E-state index in [2.05, 4.69) is 43.4 Å². The van der Waals surface area contributed by atoms with Crippen LogP contribution < -0.4 is 10.6 Å². The van der Waals surface area contributed by atoms with Crippen molar-refractivity contribution in [1.82, 2.24) is 14.5 Å². The van der Waals surface area contributed by atoms with Gasteiger partial charge in [-0.25, -0.2) is 4.98 Å². The molecule has 7 nitrogen and oxygen atoms in total. The minimum Gasteiger partial charge on any atom is -0.331 e. The van der Waals surface area contributed by atoms with Gasteiger partial charge in [0, 0.05) is 42.8 Å². The van der Waals surface area contributed by atoms with Crippen molar-refractivity contribution in [3.63, 3.8) is 0 Å². The molecule has 0 radical (unpaired) electrons. The molecular weight excluding hydrogens is 402 g/mol. The summed E-state index contributed by atoms with van der Waals surface area (Å²) in [4.78, 5) is 30.5.